The molecule has 0 N–H and O–H groups in total. The second-order valence-electron chi connectivity index (χ2n) is 7.49. The van der Waals surface area contributed by atoms with Crippen LogP contribution in [0.4, 0.5) is 8.78 Å². The second kappa shape index (κ2) is 9.04. The Labute approximate surface area is 193 Å². The molecule has 2 aromatic carbocycles. The highest BCUT2D eigenvalue weighted by molar-refractivity contribution is 6.02. The molecule has 0 amide bonds. The zero-order valence-electron chi connectivity index (χ0n) is 19.0. The van der Waals surface area contributed by atoms with Gasteiger partial charge in [0.15, 0.2) is 11.5 Å². The number of alkyl halides is 2. The van der Waals surface area contributed by atoms with Crippen molar-refractivity contribution < 1.29 is 23.0 Å². The third kappa shape index (κ3) is 4.51. The maximum Gasteiger partial charge on any atom is 0.586 e. The summed E-state index contributed by atoms with van der Waals surface area (Å²) in [5.41, 5.74) is 2.46. The number of rotatable bonds is 6. The number of aryl methyl sites for hydroxylation is 2. The summed E-state index contributed by atoms with van der Waals surface area (Å²) in [6, 6.07) is 9.99. The van der Waals surface area contributed by atoms with E-state index in [-0.39, 0.29) is 23.8 Å². The van der Waals surface area contributed by atoms with Crippen molar-refractivity contribution in [2.24, 2.45) is 17.3 Å². The maximum atomic E-state index is 13.5. The molecule has 1 aliphatic heterocycles. The quantitative estimate of drug-likeness (QED) is 0.310. The fourth-order valence-corrected chi connectivity index (χ4v) is 3.33. The number of fused-ring (bicyclic) bond motifs is 1. The number of ether oxygens (including phenoxy) is 3. The minimum absolute atomic E-state index is 0.0701. The summed E-state index contributed by atoms with van der Waals surface area (Å²) in [5.74, 6) is 0.149. The Morgan fingerprint density at radius 1 is 1.15 bits per heavy atom. The van der Waals surface area contributed by atoms with E-state index in [4.69, 9.17) is 4.74 Å². The van der Waals surface area contributed by atoms with E-state index >= 15 is 0 Å². The number of benzene rings is 2. The molecule has 12 heteroatoms. The van der Waals surface area contributed by atoms with Gasteiger partial charge in [-0.15, -0.1) is 13.9 Å². The van der Waals surface area contributed by atoms with Crippen molar-refractivity contribution in [1.82, 2.24) is 19.8 Å². The van der Waals surface area contributed by atoms with Gasteiger partial charge in [-0.25, -0.2) is 4.79 Å². The highest BCUT2D eigenvalue weighted by Gasteiger charge is 2.44. The molecule has 10 nitrogen and oxygen atoms in total. The predicted octanol–water partition coefficient (Wildman–Crippen LogP) is 3.35. The first kappa shape index (κ1) is 23.1. The van der Waals surface area contributed by atoms with Crippen LogP contribution in [0.25, 0.3) is 5.69 Å². The number of halogens is 2. The first-order chi connectivity index (χ1) is 16.2. The average Bonchev–Trinajstić information content (AvgIpc) is 3.30. The molecule has 0 atom stereocenters. The SMILES string of the molecule is CC/C(=N/N=C(C)c1cccc2c1OC(F)(F)O2)OCc1c(C)cccc1-n1nnn(C)c1=O. The van der Waals surface area contributed by atoms with Crippen molar-refractivity contribution in [2.45, 2.75) is 40.1 Å². The third-order valence-electron chi connectivity index (χ3n) is 5.15. The van der Waals surface area contributed by atoms with Crippen molar-refractivity contribution in [3.63, 3.8) is 0 Å². The van der Waals surface area contributed by atoms with Gasteiger partial charge in [0.2, 0.25) is 5.90 Å². The summed E-state index contributed by atoms with van der Waals surface area (Å²) in [7, 11) is 1.51. The summed E-state index contributed by atoms with van der Waals surface area (Å²) in [4.78, 5) is 12.3. The first-order valence-electron chi connectivity index (χ1n) is 10.4. The Balaban J connectivity index is 1.57. The zero-order chi connectivity index (χ0) is 24.5. The second-order valence-corrected chi connectivity index (χ2v) is 7.49. The number of hydrogen-bond donors (Lipinski definition) is 0. The summed E-state index contributed by atoms with van der Waals surface area (Å²) >= 11 is 0. The van der Waals surface area contributed by atoms with Gasteiger partial charge in [0.25, 0.3) is 0 Å². The Hall–Kier alpha value is -4.09. The molecule has 0 saturated heterocycles. The molecule has 0 saturated carbocycles. The lowest BCUT2D eigenvalue weighted by Crippen LogP contribution is -2.26. The van der Waals surface area contributed by atoms with Crippen molar-refractivity contribution in [3.05, 3.63) is 63.6 Å². The average molecular weight is 472 g/mol. The van der Waals surface area contributed by atoms with Crippen LogP contribution >= 0.6 is 0 Å². The number of nitrogens with zero attached hydrogens (tertiary/aromatic N) is 6. The van der Waals surface area contributed by atoms with Crippen LogP contribution in [-0.2, 0) is 18.4 Å². The zero-order valence-corrected chi connectivity index (χ0v) is 19.0. The molecule has 34 heavy (non-hydrogen) atoms. The summed E-state index contributed by atoms with van der Waals surface area (Å²) < 4.78 is 44.2. The molecule has 178 valence electrons. The maximum absolute atomic E-state index is 13.5. The van der Waals surface area contributed by atoms with Crippen LogP contribution in [0.3, 0.4) is 0 Å². The van der Waals surface area contributed by atoms with E-state index in [0.717, 1.165) is 15.8 Å². The Bertz CT molecular complexity index is 1350. The van der Waals surface area contributed by atoms with E-state index < -0.39 is 6.29 Å². The summed E-state index contributed by atoms with van der Waals surface area (Å²) in [6.45, 7) is 5.46. The molecule has 0 fully saturated rings. The van der Waals surface area contributed by atoms with E-state index in [1.165, 1.54) is 17.8 Å². The van der Waals surface area contributed by atoms with Crippen LogP contribution < -0.4 is 15.2 Å². The van der Waals surface area contributed by atoms with Gasteiger partial charge in [0.05, 0.1) is 11.4 Å². The van der Waals surface area contributed by atoms with E-state index in [2.05, 4.69) is 30.1 Å². The van der Waals surface area contributed by atoms with E-state index in [0.29, 0.717) is 29.3 Å². The van der Waals surface area contributed by atoms with Crippen LogP contribution in [0.1, 0.15) is 37.0 Å². The molecule has 0 unspecified atom stereocenters. The van der Waals surface area contributed by atoms with E-state index in [9.17, 15) is 13.6 Å². The van der Waals surface area contributed by atoms with Gasteiger partial charge in [0.1, 0.15) is 6.61 Å². The van der Waals surface area contributed by atoms with Gasteiger partial charge in [-0.1, -0.05) is 25.1 Å². The molecule has 3 aromatic rings. The molecule has 1 aromatic heterocycles. The van der Waals surface area contributed by atoms with Crippen LogP contribution in [0.5, 0.6) is 11.5 Å². The van der Waals surface area contributed by atoms with E-state index in [1.54, 1.807) is 25.1 Å². The lowest BCUT2D eigenvalue weighted by molar-refractivity contribution is -0.286. The predicted molar refractivity (Wildman–Crippen MR) is 119 cm³/mol. The number of hydrogen-bond acceptors (Lipinski definition) is 8. The molecule has 1 aliphatic rings. The standard InChI is InChI=1S/C22H22F2N6O4/c1-5-19(26-25-14(3)15-9-7-11-18-20(15)34-22(23,24)33-18)32-12-16-13(2)8-6-10-17(16)30-21(31)29(4)27-28-30/h6-11H,5,12H2,1-4H3/b25-14?,26-19-. The molecule has 4 rings (SSSR count). The van der Waals surface area contributed by atoms with Gasteiger partial charge in [0, 0.05) is 24.6 Å². The largest absolute Gasteiger partial charge is 0.586 e. The van der Waals surface area contributed by atoms with Crippen molar-refractivity contribution >= 4 is 11.6 Å². The Morgan fingerprint density at radius 2 is 1.91 bits per heavy atom. The first-order valence-corrected chi connectivity index (χ1v) is 10.4. The van der Waals surface area contributed by atoms with Crippen LogP contribution in [0.15, 0.2) is 51.4 Å². The fraction of sp³-hybridized carbons (Fsp3) is 0.318. The van der Waals surface area contributed by atoms with Gasteiger partial charge < -0.3 is 14.2 Å². The molecular formula is C22H22F2N6O4. The summed E-state index contributed by atoms with van der Waals surface area (Å²) in [5, 5.41) is 15.9. The minimum Gasteiger partial charge on any atom is -0.475 e. The van der Waals surface area contributed by atoms with Crippen LogP contribution in [-0.4, -0.2) is 37.7 Å². The lowest BCUT2D eigenvalue weighted by Gasteiger charge is -2.13. The summed E-state index contributed by atoms with van der Waals surface area (Å²) in [6.07, 6.45) is -3.30. The Kier molecular flexibility index (Phi) is 6.14. The molecule has 0 spiro atoms. The monoisotopic (exact) mass is 472 g/mol. The Morgan fingerprint density at radius 3 is 2.62 bits per heavy atom. The molecule has 0 bridgehead atoms. The van der Waals surface area contributed by atoms with Crippen molar-refractivity contribution in [3.8, 4) is 17.2 Å². The number of aromatic nitrogens is 4. The van der Waals surface area contributed by atoms with Gasteiger partial charge in [-0.3, -0.25) is 0 Å². The third-order valence-corrected chi connectivity index (χ3v) is 5.15. The minimum atomic E-state index is -3.73. The molecule has 2 heterocycles. The van der Waals surface area contributed by atoms with Crippen molar-refractivity contribution in [2.75, 3.05) is 0 Å². The topological polar surface area (TPSA) is 105 Å². The molecular weight excluding hydrogens is 450 g/mol. The molecule has 0 aliphatic carbocycles. The highest BCUT2D eigenvalue weighted by atomic mass is 19.3. The van der Waals surface area contributed by atoms with Gasteiger partial charge >= 0.3 is 12.0 Å². The molecule has 0 radical (unpaired) electrons. The normalized spacial score (nSPS) is 15.0. The van der Waals surface area contributed by atoms with E-state index in [1.807, 2.05) is 26.0 Å². The highest BCUT2D eigenvalue weighted by Crippen LogP contribution is 2.43. The number of para-hydroxylation sites is 1. The van der Waals surface area contributed by atoms with Crippen LogP contribution in [0.2, 0.25) is 0 Å². The fourth-order valence-electron chi connectivity index (χ4n) is 3.33. The van der Waals surface area contributed by atoms with Crippen molar-refractivity contribution in [1.29, 1.82) is 0 Å². The smallest absolute Gasteiger partial charge is 0.475 e. The number of tetrazole rings is 1. The van der Waals surface area contributed by atoms with Gasteiger partial charge in [-0.05, 0) is 48.0 Å². The van der Waals surface area contributed by atoms with Gasteiger partial charge in [-0.2, -0.15) is 14.5 Å². The van der Waals surface area contributed by atoms with Crippen LogP contribution in [0, 0.1) is 6.92 Å². The lowest BCUT2D eigenvalue weighted by atomic mass is 10.1.